The lowest BCUT2D eigenvalue weighted by Gasteiger charge is -2.25. The number of benzene rings is 5. The van der Waals surface area contributed by atoms with Crippen LogP contribution in [0.3, 0.4) is 0 Å². The van der Waals surface area contributed by atoms with Crippen molar-refractivity contribution in [2.75, 3.05) is 4.90 Å². The first-order valence-electron chi connectivity index (χ1n) is 13.2. The van der Waals surface area contributed by atoms with Crippen LogP contribution in [0.15, 0.2) is 146 Å². The van der Waals surface area contributed by atoms with Crippen LogP contribution in [-0.2, 0) is 6.42 Å². The summed E-state index contributed by atoms with van der Waals surface area (Å²) in [6, 6.07) is 47.5. The highest BCUT2D eigenvalue weighted by molar-refractivity contribution is 5.77. The smallest absolute Gasteiger partial charge is 0.0462 e. The highest BCUT2D eigenvalue weighted by atomic mass is 15.1. The molecule has 0 amide bonds. The summed E-state index contributed by atoms with van der Waals surface area (Å²) >= 11 is 0. The maximum Gasteiger partial charge on any atom is 0.0462 e. The van der Waals surface area contributed by atoms with Gasteiger partial charge in [-0.25, -0.2) is 0 Å². The Labute approximate surface area is 227 Å². The number of hydrogen-bond donors (Lipinski definition) is 0. The number of hydrogen-bond acceptors (Lipinski definition) is 1. The maximum absolute atomic E-state index is 2.31. The van der Waals surface area contributed by atoms with Gasteiger partial charge in [0.15, 0.2) is 0 Å². The Morgan fingerprint density at radius 2 is 1.03 bits per heavy atom. The average Bonchev–Trinajstić information content (AvgIpc) is 2.96. The Bertz CT molecular complexity index is 1450. The Hall–Kier alpha value is -4.62. The third-order valence-corrected chi connectivity index (χ3v) is 6.70. The summed E-state index contributed by atoms with van der Waals surface area (Å²) in [5.41, 5.74) is 11.0. The first kappa shape index (κ1) is 25.0. The molecule has 5 aromatic carbocycles. The highest BCUT2D eigenvalue weighted by Gasteiger charge is 2.12. The summed E-state index contributed by atoms with van der Waals surface area (Å²) in [7, 11) is 0. The molecule has 0 spiro atoms. The van der Waals surface area contributed by atoms with Crippen LogP contribution in [0.2, 0.25) is 0 Å². The number of nitrogens with zero attached hydrogens (tertiary/aromatic N) is 1. The zero-order valence-corrected chi connectivity index (χ0v) is 22.1. The van der Waals surface area contributed by atoms with Crippen molar-refractivity contribution >= 4 is 28.7 Å². The van der Waals surface area contributed by atoms with Crippen molar-refractivity contribution in [3.05, 3.63) is 173 Å². The SMILES string of the molecule is Cc1ccc(N(c2ccc(C)cc2)c2ccc(C=CC=C(Cc3ccccc3)c3ccccc3)cc2)cc1. The molecular formula is C37H33N. The lowest BCUT2D eigenvalue weighted by molar-refractivity contribution is 1.27. The van der Waals surface area contributed by atoms with Gasteiger partial charge < -0.3 is 4.90 Å². The minimum Gasteiger partial charge on any atom is -0.311 e. The van der Waals surface area contributed by atoms with E-state index in [1.165, 1.54) is 33.4 Å². The Balaban J connectivity index is 1.41. The first-order valence-corrected chi connectivity index (χ1v) is 13.2. The highest BCUT2D eigenvalue weighted by Crippen LogP contribution is 2.35. The lowest BCUT2D eigenvalue weighted by atomic mass is 9.97. The predicted octanol–water partition coefficient (Wildman–Crippen LogP) is 10.1. The van der Waals surface area contributed by atoms with Gasteiger partial charge in [0.25, 0.3) is 0 Å². The summed E-state index contributed by atoms with van der Waals surface area (Å²) in [5, 5.41) is 0. The quantitative estimate of drug-likeness (QED) is 0.195. The van der Waals surface area contributed by atoms with Crippen LogP contribution in [0.5, 0.6) is 0 Å². The van der Waals surface area contributed by atoms with Crippen molar-refractivity contribution in [1.82, 2.24) is 0 Å². The van der Waals surface area contributed by atoms with Crippen LogP contribution in [0.4, 0.5) is 17.1 Å². The summed E-state index contributed by atoms with van der Waals surface area (Å²) in [6.07, 6.45) is 7.48. The molecule has 38 heavy (non-hydrogen) atoms. The fourth-order valence-corrected chi connectivity index (χ4v) is 4.57. The predicted molar refractivity (Wildman–Crippen MR) is 164 cm³/mol. The standard InChI is InChI=1S/C37H33N/c1-29-16-22-35(23-17-29)38(36-24-18-30(2)19-25-36)37-26-20-31(21-27-37)12-9-15-34(33-13-7-4-8-14-33)28-32-10-5-3-6-11-32/h3-27H,28H2,1-2H3. The zero-order valence-electron chi connectivity index (χ0n) is 22.1. The summed E-state index contributed by atoms with van der Waals surface area (Å²) in [5.74, 6) is 0. The van der Waals surface area contributed by atoms with Crippen molar-refractivity contribution < 1.29 is 0 Å². The van der Waals surface area contributed by atoms with E-state index < -0.39 is 0 Å². The third kappa shape index (κ3) is 6.38. The van der Waals surface area contributed by atoms with Crippen molar-refractivity contribution in [2.24, 2.45) is 0 Å². The van der Waals surface area contributed by atoms with Crippen LogP contribution in [0, 0.1) is 13.8 Å². The summed E-state index contributed by atoms with van der Waals surface area (Å²) in [6.45, 7) is 4.25. The zero-order chi connectivity index (χ0) is 26.2. The molecule has 1 heteroatoms. The topological polar surface area (TPSA) is 3.24 Å². The van der Waals surface area contributed by atoms with Gasteiger partial charge in [0.05, 0.1) is 0 Å². The molecule has 1 nitrogen and oxygen atoms in total. The molecule has 0 unspecified atom stereocenters. The van der Waals surface area contributed by atoms with Crippen molar-refractivity contribution in [3.8, 4) is 0 Å². The van der Waals surface area contributed by atoms with Gasteiger partial charge in [-0.1, -0.05) is 126 Å². The number of aryl methyl sites for hydroxylation is 2. The maximum atomic E-state index is 2.31. The Morgan fingerprint density at radius 1 is 0.553 bits per heavy atom. The first-order chi connectivity index (χ1) is 18.7. The molecular weight excluding hydrogens is 458 g/mol. The Morgan fingerprint density at radius 3 is 1.55 bits per heavy atom. The minimum absolute atomic E-state index is 0.899. The van der Waals surface area contributed by atoms with Crippen LogP contribution in [-0.4, -0.2) is 0 Å². The molecule has 0 heterocycles. The molecule has 0 aliphatic rings. The minimum atomic E-state index is 0.899. The fraction of sp³-hybridized carbons (Fsp3) is 0.0811. The van der Waals surface area contributed by atoms with Crippen LogP contribution in [0.1, 0.15) is 27.8 Å². The van der Waals surface area contributed by atoms with Crippen LogP contribution >= 0.6 is 0 Å². The van der Waals surface area contributed by atoms with E-state index in [2.05, 4.69) is 170 Å². The molecule has 0 fully saturated rings. The molecule has 0 bridgehead atoms. The molecule has 5 rings (SSSR count). The second kappa shape index (κ2) is 12.1. The van der Waals surface area contributed by atoms with E-state index in [1.807, 2.05) is 0 Å². The van der Waals surface area contributed by atoms with E-state index >= 15 is 0 Å². The number of allylic oxidation sites excluding steroid dienone is 3. The molecule has 0 aliphatic carbocycles. The van der Waals surface area contributed by atoms with Gasteiger partial charge in [0, 0.05) is 17.1 Å². The number of anilines is 3. The fourth-order valence-electron chi connectivity index (χ4n) is 4.57. The van der Waals surface area contributed by atoms with Crippen LogP contribution < -0.4 is 4.90 Å². The summed E-state index contributed by atoms with van der Waals surface area (Å²) in [4.78, 5) is 2.31. The molecule has 0 aromatic heterocycles. The molecule has 0 radical (unpaired) electrons. The normalized spacial score (nSPS) is 11.6. The van der Waals surface area contributed by atoms with Gasteiger partial charge in [-0.2, -0.15) is 0 Å². The molecule has 0 aliphatic heterocycles. The molecule has 0 saturated carbocycles. The van der Waals surface area contributed by atoms with Crippen molar-refractivity contribution in [1.29, 1.82) is 0 Å². The van der Waals surface area contributed by atoms with Gasteiger partial charge in [-0.15, -0.1) is 0 Å². The second-order valence-electron chi connectivity index (χ2n) is 9.68. The molecule has 0 saturated heterocycles. The van der Waals surface area contributed by atoms with E-state index in [-0.39, 0.29) is 0 Å². The largest absolute Gasteiger partial charge is 0.311 e. The number of rotatable bonds is 8. The van der Waals surface area contributed by atoms with Crippen molar-refractivity contribution in [2.45, 2.75) is 20.3 Å². The van der Waals surface area contributed by atoms with E-state index in [9.17, 15) is 0 Å². The third-order valence-electron chi connectivity index (χ3n) is 6.70. The molecule has 5 aromatic rings. The van der Waals surface area contributed by atoms with E-state index in [0.29, 0.717) is 0 Å². The lowest BCUT2D eigenvalue weighted by Crippen LogP contribution is -2.09. The van der Waals surface area contributed by atoms with Gasteiger partial charge in [0.1, 0.15) is 0 Å². The van der Waals surface area contributed by atoms with Gasteiger partial charge in [-0.05, 0) is 78.9 Å². The molecule has 0 atom stereocenters. The summed E-state index contributed by atoms with van der Waals surface area (Å²) < 4.78 is 0. The Kier molecular flexibility index (Phi) is 7.96. The van der Waals surface area contributed by atoms with Gasteiger partial charge >= 0.3 is 0 Å². The van der Waals surface area contributed by atoms with Gasteiger partial charge in [0.2, 0.25) is 0 Å². The van der Waals surface area contributed by atoms with Gasteiger partial charge in [-0.3, -0.25) is 0 Å². The average molecular weight is 492 g/mol. The van der Waals surface area contributed by atoms with Crippen molar-refractivity contribution in [3.63, 3.8) is 0 Å². The molecule has 0 N–H and O–H groups in total. The van der Waals surface area contributed by atoms with E-state index in [0.717, 1.165) is 23.5 Å². The van der Waals surface area contributed by atoms with Crippen LogP contribution in [0.25, 0.3) is 11.6 Å². The van der Waals surface area contributed by atoms with E-state index in [1.54, 1.807) is 0 Å². The molecule has 186 valence electrons. The van der Waals surface area contributed by atoms with E-state index in [4.69, 9.17) is 0 Å². The monoisotopic (exact) mass is 491 g/mol. The second-order valence-corrected chi connectivity index (χ2v) is 9.68.